The third-order valence-corrected chi connectivity index (χ3v) is 4.94. The van der Waals surface area contributed by atoms with Crippen molar-refractivity contribution in [3.63, 3.8) is 0 Å². The first-order chi connectivity index (χ1) is 13.8. The van der Waals surface area contributed by atoms with E-state index in [1.807, 2.05) is 0 Å². The molecule has 3 rings (SSSR count). The van der Waals surface area contributed by atoms with Crippen molar-refractivity contribution in [3.8, 4) is 0 Å². The molecule has 0 atom stereocenters. The molecule has 0 radical (unpaired) electrons. The van der Waals surface area contributed by atoms with Crippen molar-refractivity contribution in [2.24, 2.45) is 0 Å². The molecule has 0 aliphatic carbocycles. The Morgan fingerprint density at radius 1 is 0.862 bits per heavy atom. The van der Waals surface area contributed by atoms with Crippen molar-refractivity contribution in [3.05, 3.63) is 98.3 Å². The number of carbonyl (C=O) groups excluding carboxylic acids is 1. The highest BCUT2D eigenvalue weighted by Crippen LogP contribution is 2.34. The van der Waals surface area contributed by atoms with Gasteiger partial charge in [-0.1, -0.05) is 23.9 Å². The number of benzene rings is 3. The van der Waals surface area contributed by atoms with Gasteiger partial charge in [0.05, 0.1) is 15.4 Å². The van der Waals surface area contributed by atoms with Gasteiger partial charge in [-0.25, -0.2) is 4.39 Å². The maximum Gasteiger partial charge on any atom is 0.270 e. The number of carbonyl (C=O) groups is 1. The number of hydrogen-bond acceptors (Lipinski definition) is 6. The van der Waals surface area contributed by atoms with E-state index >= 15 is 0 Å². The van der Waals surface area contributed by atoms with Crippen LogP contribution in [0.2, 0.25) is 0 Å². The van der Waals surface area contributed by atoms with Crippen LogP contribution < -0.4 is 5.32 Å². The number of nitro benzene ring substituents is 2. The molecule has 0 saturated carbocycles. The first-order valence-corrected chi connectivity index (χ1v) is 8.93. The Balaban J connectivity index is 1.93. The molecule has 0 heterocycles. The summed E-state index contributed by atoms with van der Waals surface area (Å²) in [5.74, 6) is -1.15. The smallest absolute Gasteiger partial charge is 0.270 e. The second kappa shape index (κ2) is 8.48. The fraction of sp³-hybridized carbons (Fsp3) is 0. The van der Waals surface area contributed by atoms with Crippen LogP contribution in [0.5, 0.6) is 0 Å². The molecule has 0 unspecified atom stereocenters. The van der Waals surface area contributed by atoms with Crippen LogP contribution in [0, 0.1) is 26.0 Å². The molecule has 0 saturated heterocycles. The predicted octanol–water partition coefficient (Wildman–Crippen LogP) is 5.05. The normalized spacial score (nSPS) is 10.4. The molecule has 146 valence electrons. The summed E-state index contributed by atoms with van der Waals surface area (Å²) in [6.45, 7) is 0. The molecule has 29 heavy (non-hydrogen) atoms. The molecule has 0 aromatic heterocycles. The van der Waals surface area contributed by atoms with Gasteiger partial charge in [0.1, 0.15) is 5.82 Å². The van der Waals surface area contributed by atoms with Crippen LogP contribution in [0.4, 0.5) is 21.5 Å². The highest BCUT2D eigenvalue weighted by molar-refractivity contribution is 7.99. The van der Waals surface area contributed by atoms with Crippen molar-refractivity contribution in [2.45, 2.75) is 9.79 Å². The molecule has 0 bridgehead atoms. The molecule has 0 spiro atoms. The van der Waals surface area contributed by atoms with Gasteiger partial charge in [-0.05, 0) is 30.3 Å². The average molecular weight is 413 g/mol. The Hall–Kier alpha value is -3.79. The number of nitrogens with zero attached hydrogens (tertiary/aromatic N) is 2. The van der Waals surface area contributed by atoms with Gasteiger partial charge < -0.3 is 5.32 Å². The van der Waals surface area contributed by atoms with Crippen LogP contribution in [0.3, 0.4) is 0 Å². The summed E-state index contributed by atoms with van der Waals surface area (Å²) < 4.78 is 14.0. The monoisotopic (exact) mass is 413 g/mol. The first kappa shape index (κ1) is 20.0. The first-order valence-electron chi connectivity index (χ1n) is 8.12. The lowest BCUT2D eigenvalue weighted by Crippen LogP contribution is -2.13. The summed E-state index contributed by atoms with van der Waals surface area (Å²) in [6.07, 6.45) is 0. The summed E-state index contributed by atoms with van der Waals surface area (Å²) in [4.78, 5) is 33.9. The van der Waals surface area contributed by atoms with Gasteiger partial charge in [0.15, 0.2) is 0 Å². The summed E-state index contributed by atoms with van der Waals surface area (Å²) in [5.41, 5.74) is -0.189. The Morgan fingerprint density at radius 2 is 1.48 bits per heavy atom. The fourth-order valence-corrected chi connectivity index (χ4v) is 3.36. The number of rotatable bonds is 6. The Labute approximate surface area is 167 Å². The summed E-state index contributed by atoms with van der Waals surface area (Å²) in [5, 5.41) is 24.4. The van der Waals surface area contributed by atoms with E-state index in [9.17, 15) is 29.4 Å². The van der Waals surface area contributed by atoms with Crippen molar-refractivity contribution >= 4 is 34.7 Å². The molecule has 1 amide bonds. The van der Waals surface area contributed by atoms with Gasteiger partial charge in [-0.15, -0.1) is 0 Å². The molecule has 0 fully saturated rings. The van der Waals surface area contributed by atoms with Crippen LogP contribution in [0.1, 0.15) is 10.4 Å². The molecular weight excluding hydrogens is 401 g/mol. The maximum atomic E-state index is 14.0. The lowest BCUT2D eigenvalue weighted by molar-refractivity contribution is -0.385. The summed E-state index contributed by atoms with van der Waals surface area (Å²) >= 11 is 0.959. The largest absolute Gasteiger partial charge is 0.322 e. The molecule has 1 N–H and O–H groups in total. The second-order valence-corrected chi connectivity index (χ2v) is 6.81. The third-order valence-electron chi connectivity index (χ3n) is 3.81. The Bertz CT molecular complexity index is 1110. The minimum Gasteiger partial charge on any atom is -0.322 e. The second-order valence-electron chi connectivity index (χ2n) is 5.73. The molecule has 8 nitrogen and oxygen atoms in total. The van der Waals surface area contributed by atoms with Crippen molar-refractivity contribution < 1.29 is 19.0 Å². The number of nitro groups is 2. The average Bonchev–Trinajstić information content (AvgIpc) is 2.70. The molecule has 3 aromatic rings. The Kier molecular flexibility index (Phi) is 5.84. The topological polar surface area (TPSA) is 115 Å². The summed E-state index contributed by atoms with van der Waals surface area (Å²) in [6, 6.07) is 14.8. The molecule has 3 aromatic carbocycles. The van der Waals surface area contributed by atoms with E-state index in [1.165, 1.54) is 54.6 Å². The standard InChI is InChI=1S/C19H12FN3O5S/c20-16-3-1-2-4-18(16)29-17-10-9-14(23(27)28)11-15(17)19(24)21-12-5-7-13(8-6-12)22(25)26/h1-11H,(H,21,24). The minimum absolute atomic E-state index is 0.0224. The van der Waals surface area contributed by atoms with Gasteiger partial charge in [0, 0.05) is 39.7 Å². The zero-order valence-electron chi connectivity index (χ0n) is 14.6. The lowest BCUT2D eigenvalue weighted by atomic mass is 10.1. The quantitative estimate of drug-likeness (QED) is 0.447. The number of hydrogen-bond donors (Lipinski definition) is 1. The number of halogens is 1. The van der Waals surface area contributed by atoms with Crippen LogP contribution in [-0.4, -0.2) is 15.8 Å². The zero-order chi connectivity index (χ0) is 21.0. The van der Waals surface area contributed by atoms with Crippen LogP contribution in [0.25, 0.3) is 0 Å². The highest BCUT2D eigenvalue weighted by Gasteiger charge is 2.19. The van der Waals surface area contributed by atoms with E-state index in [0.717, 1.165) is 17.8 Å². The van der Waals surface area contributed by atoms with Gasteiger partial charge in [-0.3, -0.25) is 25.0 Å². The number of anilines is 1. The van der Waals surface area contributed by atoms with Crippen LogP contribution >= 0.6 is 11.8 Å². The molecule has 0 aliphatic heterocycles. The number of amides is 1. The Morgan fingerprint density at radius 3 is 2.10 bits per heavy atom. The van der Waals surface area contributed by atoms with Gasteiger partial charge in [0.25, 0.3) is 17.3 Å². The van der Waals surface area contributed by atoms with Crippen molar-refractivity contribution in [1.29, 1.82) is 0 Å². The third kappa shape index (κ3) is 4.74. The molecule has 0 aliphatic rings. The molecule has 10 heteroatoms. The van der Waals surface area contributed by atoms with Crippen molar-refractivity contribution in [2.75, 3.05) is 5.32 Å². The van der Waals surface area contributed by atoms with E-state index in [1.54, 1.807) is 6.07 Å². The fourth-order valence-electron chi connectivity index (χ4n) is 2.41. The lowest BCUT2D eigenvalue weighted by Gasteiger charge is -2.10. The van der Waals surface area contributed by atoms with E-state index < -0.39 is 21.6 Å². The van der Waals surface area contributed by atoms with Gasteiger partial charge in [-0.2, -0.15) is 0 Å². The molecular formula is C19H12FN3O5S. The summed E-state index contributed by atoms with van der Waals surface area (Å²) in [7, 11) is 0. The van der Waals surface area contributed by atoms with E-state index in [2.05, 4.69) is 5.32 Å². The van der Waals surface area contributed by atoms with Crippen LogP contribution in [0.15, 0.2) is 76.5 Å². The minimum atomic E-state index is -0.665. The van der Waals surface area contributed by atoms with Crippen molar-refractivity contribution in [1.82, 2.24) is 0 Å². The SMILES string of the molecule is O=C(Nc1ccc([N+](=O)[O-])cc1)c1cc([N+](=O)[O-])ccc1Sc1ccccc1F. The maximum absolute atomic E-state index is 14.0. The number of nitrogens with one attached hydrogen (secondary N) is 1. The van der Waals surface area contributed by atoms with Crippen LogP contribution in [-0.2, 0) is 0 Å². The zero-order valence-corrected chi connectivity index (χ0v) is 15.4. The van der Waals surface area contributed by atoms with E-state index in [-0.39, 0.29) is 27.5 Å². The predicted molar refractivity (Wildman–Crippen MR) is 105 cm³/mol. The van der Waals surface area contributed by atoms with E-state index in [4.69, 9.17) is 0 Å². The van der Waals surface area contributed by atoms with E-state index in [0.29, 0.717) is 4.90 Å². The van der Waals surface area contributed by atoms with Gasteiger partial charge >= 0.3 is 0 Å². The van der Waals surface area contributed by atoms with Gasteiger partial charge in [0.2, 0.25) is 0 Å². The number of non-ortho nitro benzene ring substituents is 2. The highest BCUT2D eigenvalue weighted by atomic mass is 32.2.